The first kappa shape index (κ1) is 9.67. The van der Waals surface area contributed by atoms with Crippen molar-refractivity contribution >= 4 is 28.2 Å². The van der Waals surface area contributed by atoms with E-state index in [2.05, 4.69) is 4.98 Å². The van der Waals surface area contributed by atoms with Crippen LogP contribution in [0.25, 0.3) is 10.9 Å². The maximum absolute atomic E-state index is 11.4. The first-order chi connectivity index (χ1) is 7.09. The molecule has 1 N–H and O–H groups in total. The van der Waals surface area contributed by atoms with Gasteiger partial charge in [-0.15, -0.1) is 0 Å². The van der Waals surface area contributed by atoms with E-state index in [-0.39, 0.29) is 21.5 Å². The third-order valence-corrected chi connectivity index (χ3v) is 2.31. The number of nitro groups is 1. The zero-order chi connectivity index (χ0) is 11.0. The number of aromatic nitrogens is 1. The standard InChI is InChI=1S/C9H5ClN2O3/c10-7-4-5(12(14)15)3-6-8(13)1-2-11-9(6)7/h1-4H,(H,11,13). The quantitative estimate of drug-likeness (QED) is 0.595. The fourth-order valence-electron chi connectivity index (χ4n) is 1.33. The summed E-state index contributed by atoms with van der Waals surface area (Å²) in [5.74, 6) is 0. The van der Waals surface area contributed by atoms with Crippen molar-refractivity contribution in [3.63, 3.8) is 0 Å². The van der Waals surface area contributed by atoms with Crippen LogP contribution in [0.2, 0.25) is 5.02 Å². The third kappa shape index (κ3) is 1.57. The Hall–Kier alpha value is -1.88. The van der Waals surface area contributed by atoms with Gasteiger partial charge in [0.2, 0.25) is 0 Å². The van der Waals surface area contributed by atoms with E-state index in [1.807, 2.05) is 0 Å². The van der Waals surface area contributed by atoms with Crippen molar-refractivity contribution in [3.8, 4) is 0 Å². The van der Waals surface area contributed by atoms with E-state index in [9.17, 15) is 14.9 Å². The molecule has 0 aliphatic rings. The normalized spacial score (nSPS) is 10.5. The Balaban J connectivity index is 2.92. The van der Waals surface area contributed by atoms with Crippen LogP contribution in [0.4, 0.5) is 5.69 Å². The van der Waals surface area contributed by atoms with E-state index in [1.165, 1.54) is 24.4 Å². The molecule has 15 heavy (non-hydrogen) atoms. The zero-order valence-corrected chi connectivity index (χ0v) is 8.12. The van der Waals surface area contributed by atoms with Crippen LogP contribution >= 0.6 is 11.6 Å². The van der Waals surface area contributed by atoms with Crippen LogP contribution < -0.4 is 5.43 Å². The molecule has 0 aliphatic heterocycles. The lowest BCUT2D eigenvalue weighted by Gasteiger charge is -1.99. The number of non-ortho nitro benzene ring substituents is 1. The predicted octanol–water partition coefficient (Wildman–Crippen LogP) is 2.09. The van der Waals surface area contributed by atoms with E-state index in [4.69, 9.17) is 11.6 Å². The van der Waals surface area contributed by atoms with Gasteiger partial charge in [0, 0.05) is 24.4 Å². The highest BCUT2D eigenvalue weighted by Gasteiger charge is 2.11. The summed E-state index contributed by atoms with van der Waals surface area (Å²) in [5, 5.41) is 10.9. The maximum atomic E-state index is 11.4. The first-order valence-corrected chi connectivity index (χ1v) is 4.43. The fraction of sp³-hybridized carbons (Fsp3) is 0. The molecule has 2 rings (SSSR count). The van der Waals surface area contributed by atoms with Crippen LogP contribution in [-0.2, 0) is 0 Å². The molecule has 0 amide bonds. The van der Waals surface area contributed by atoms with Gasteiger partial charge in [0.1, 0.15) is 0 Å². The minimum Gasteiger partial charge on any atom is -0.360 e. The molecule has 76 valence electrons. The molecule has 0 fully saturated rings. The van der Waals surface area contributed by atoms with Gasteiger partial charge in [0.15, 0.2) is 5.43 Å². The lowest BCUT2D eigenvalue weighted by Crippen LogP contribution is -2.01. The lowest BCUT2D eigenvalue weighted by atomic mass is 10.2. The molecule has 0 saturated carbocycles. The summed E-state index contributed by atoms with van der Waals surface area (Å²) in [5.41, 5.74) is -0.0756. The number of fused-ring (bicyclic) bond motifs is 1. The highest BCUT2D eigenvalue weighted by atomic mass is 35.5. The van der Waals surface area contributed by atoms with Gasteiger partial charge in [-0.05, 0) is 0 Å². The predicted molar refractivity (Wildman–Crippen MR) is 56.2 cm³/mol. The highest BCUT2D eigenvalue weighted by molar-refractivity contribution is 6.35. The minimum atomic E-state index is -0.586. The molecule has 1 aromatic carbocycles. The molecule has 1 aromatic heterocycles. The van der Waals surface area contributed by atoms with Crippen molar-refractivity contribution in [1.82, 2.24) is 4.98 Å². The molecule has 0 aliphatic carbocycles. The molecule has 2 aromatic rings. The van der Waals surface area contributed by atoms with Gasteiger partial charge >= 0.3 is 0 Å². The van der Waals surface area contributed by atoms with Crippen molar-refractivity contribution in [2.45, 2.75) is 0 Å². The zero-order valence-electron chi connectivity index (χ0n) is 7.36. The topological polar surface area (TPSA) is 76.0 Å². The Morgan fingerprint density at radius 3 is 2.80 bits per heavy atom. The number of pyridine rings is 1. The van der Waals surface area contributed by atoms with Crippen LogP contribution in [0.15, 0.2) is 29.2 Å². The van der Waals surface area contributed by atoms with Gasteiger partial charge in [0.25, 0.3) is 5.69 Å². The van der Waals surface area contributed by atoms with Crippen LogP contribution in [0.3, 0.4) is 0 Å². The molecule has 0 atom stereocenters. The van der Waals surface area contributed by atoms with E-state index >= 15 is 0 Å². The number of hydrogen-bond acceptors (Lipinski definition) is 3. The number of nitrogens with zero attached hydrogens (tertiary/aromatic N) is 1. The molecule has 0 radical (unpaired) electrons. The molecule has 6 heteroatoms. The third-order valence-electron chi connectivity index (χ3n) is 2.01. The molecule has 5 nitrogen and oxygen atoms in total. The lowest BCUT2D eigenvalue weighted by molar-refractivity contribution is -0.384. The first-order valence-electron chi connectivity index (χ1n) is 4.05. The summed E-state index contributed by atoms with van der Waals surface area (Å²) < 4.78 is 0. The Labute approximate surface area is 88.5 Å². The second-order valence-corrected chi connectivity index (χ2v) is 3.36. The number of nitro benzene ring substituents is 1. The van der Waals surface area contributed by atoms with Crippen molar-refractivity contribution in [2.75, 3.05) is 0 Å². The number of halogens is 1. The van der Waals surface area contributed by atoms with Crippen LogP contribution in [0.5, 0.6) is 0 Å². The number of hydrogen-bond donors (Lipinski definition) is 1. The summed E-state index contributed by atoms with van der Waals surface area (Å²) in [6.45, 7) is 0. The van der Waals surface area contributed by atoms with Gasteiger partial charge in [-0.1, -0.05) is 11.6 Å². The summed E-state index contributed by atoms with van der Waals surface area (Å²) in [4.78, 5) is 24.1. The van der Waals surface area contributed by atoms with Gasteiger partial charge in [-0.2, -0.15) is 0 Å². The van der Waals surface area contributed by atoms with Crippen LogP contribution in [0.1, 0.15) is 0 Å². The van der Waals surface area contributed by atoms with Crippen molar-refractivity contribution in [1.29, 1.82) is 0 Å². The Bertz CT molecular complexity index is 606. The molecule has 0 unspecified atom stereocenters. The van der Waals surface area contributed by atoms with Gasteiger partial charge in [-0.3, -0.25) is 14.9 Å². The SMILES string of the molecule is O=c1cc[nH]c2c(Cl)cc([N+](=O)[O-])cc12. The second kappa shape index (κ2) is 3.36. The number of rotatable bonds is 1. The van der Waals surface area contributed by atoms with E-state index in [0.717, 1.165) is 0 Å². The van der Waals surface area contributed by atoms with Gasteiger partial charge in [0.05, 0.1) is 20.8 Å². The maximum Gasteiger partial charge on any atom is 0.271 e. The Kier molecular flexibility index (Phi) is 2.17. The van der Waals surface area contributed by atoms with Gasteiger partial charge in [-0.25, -0.2) is 0 Å². The summed E-state index contributed by atoms with van der Waals surface area (Å²) >= 11 is 5.80. The van der Waals surface area contributed by atoms with E-state index < -0.39 is 4.92 Å². The number of aromatic amines is 1. The summed E-state index contributed by atoms with van der Waals surface area (Å²) in [6, 6.07) is 3.71. The van der Waals surface area contributed by atoms with Crippen molar-refractivity contribution in [3.05, 3.63) is 49.8 Å². The molecule has 1 heterocycles. The number of H-pyrrole nitrogens is 1. The molecular formula is C9H5ClN2O3. The Morgan fingerprint density at radius 2 is 2.13 bits per heavy atom. The number of benzene rings is 1. The molecular weight excluding hydrogens is 220 g/mol. The molecule has 0 spiro atoms. The largest absolute Gasteiger partial charge is 0.360 e. The monoisotopic (exact) mass is 224 g/mol. The summed E-state index contributed by atoms with van der Waals surface area (Å²) in [6.07, 6.45) is 1.45. The smallest absolute Gasteiger partial charge is 0.271 e. The fourth-order valence-corrected chi connectivity index (χ4v) is 1.60. The van der Waals surface area contributed by atoms with E-state index in [0.29, 0.717) is 5.52 Å². The van der Waals surface area contributed by atoms with Crippen LogP contribution in [0, 0.1) is 10.1 Å². The van der Waals surface area contributed by atoms with Crippen molar-refractivity contribution < 1.29 is 4.92 Å². The van der Waals surface area contributed by atoms with Crippen molar-refractivity contribution in [2.24, 2.45) is 0 Å². The average molecular weight is 225 g/mol. The number of nitrogens with one attached hydrogen (secondary N) is 1. The van der Waals surface area contributed by atoms with Gasteiger partial charge < -0.3 is 4.98 Å². The molecule has 0 bridgehead atoms. The Morgan fingerprint density at radius 1 is 1.40 bits per heavy atom. The molecule has 0 saturated heterocycles. The highest BCUT2D eigenvalue weighted by Crippen LogP contribution is 2.25. The average Bonchev–Trinajstić information content (AvgIpc) is 2.19. The second-order valence-electron chi connectivity index (χ2n) is 2.95. The summed E-state index contributed by atoms with van der Waals surface area (Å²) in [7, 11) is 0. The van der Waals surface area contributed by atoms with E-state index in [1.54, 1.807) is 0 Å². The minimum absolute atomic E-state index is 0.164. The van der Waals surface area contributed by atoms with Crippen LogP contribution in [-0.4, -0.2) is 9.91 Å².